The first-order valence-electron chi connectivity index (χ1n) is 9.26. The number of pyridine rings is 1. The van der Waals surface area contributed by atoms with E-state index in [1.807, 2.05) is 30.3 Å². The molecule has 0 saturated heterocycles. The summed E-state index contributed by atoms with van der Waals surface area (Å²) in [5.74, 6) is -0.337. The van der Waals surface area contributed by atoms with Gasteiger partial charge in [0, 0.05) is 23.7 Å². The van der Waals surface area contributed by atoms with Crippen molar-refractivity contribution in [2.24, 2.45) is 0 Å². The lowest BCUT2D eigenvalue weighted by Gasteiger charge is -2.11. The number of amides is 1. The van der Waals surface area contributed by atoms with E-state index < -0.39 is 6.61 Å². The molecule has 0 atom stereocenters. The summed E-state index contributed by atoms with van der Waals surface area (Å²) in [5, 5.41) is 7.80. The summed E-state index contributed by atoms with van der Waals surface area (Å²) in [4.78, 5) is 16.9. The van der Waals surface area contributed by atoms with Crippen LogP contribution in [0.5, 0.6) is 5.75 Å². The highest BCUT2D eigenvalue weighted by Crippen LogP contribution is 2.20. The van der Waals surface area contributed by atoms with Gasteiger partial charge in [-0.1, -0.05) is 48.5 Å². The van der Waals surface area contributed by atoms with Gasteiger partial charge < -0.3 is 10.1 Å². The average Bonchev–Trinajstić information content (AvgIpc) is 3.15. The number of benzene rings is 2. The fourth-order valence-electron chi connectivity index (χ4n) is 3.11. The van der Waals surface area contributed by atoms with Gasteiger partial charge in [-0.3, -0.25) is 4.79 Å². The Labute approximate surface area is 171 Å². The highest BCUT2D eigenvalue weighted by molar-refractivity contribution is 5.96. The maximum absolute atomic E-state index is 12.5. The Hall–Kier alpha value is -3.81. The Morgan fingerprint density at radius 2 is 1.83 bits per heavy atom. The average molecular weight is 408 g/mol. The molecule has 4 rings (SSSR count). The molecule has 2 aromatic heterocycles. The summed E-state index contributed by atoms with van der Waals surface area (Å²) in [6.07, 6.45) is 3.14. The van der Waals surface area contributed by atoms with E-state index in [0.29, 0.717) is 23.3 Å². The summed E-state index contributed by atoms with van der Waals surface area (Å²) in [5.41, 5.74) is 2.58. The van der Waals surface area contributed by atoms with Gasteiger partial charge in [-0.05, 0) is 17.7 Å². The summed E-state index contributed by atoms with van der Waals surface area (Å²) in [7, 11) is 0. The van der Waals surface area contributed by atoms with Gasteiger partial charge in [0.2, 0.25) is 0 Å². The fourth-order valence-corrected chi connectivity index (χ4v) is 3.11. The van der Waals surface area contributed by atoms with Crippen molar-refractivity contribution < 1.29 is 18.3 Å². The van der Waals surface area contributed by atoms with E-state index in [0.717, 1.165) is 10.9 Å². The zero-order chi connectivity index (χ0) is 20.9. The zero-order valence-corrected chi connectivity index (χ0v) is 15.8. The third kappa shape index (κ3) is 4.43. The molecule has 2 heterocycles. The first-order valence-corrected chi connectivity index (χ1v) is 9.26. The number of nitrogens with zero attached hydrogens (tertiary/aromatic N) is 3. The molecule has 0 bridgehead atoms. The first-order chi connectivity index (χ1) is 14.6. The van der Waals surface area contributed by atoms with Gasteiger partial charge in [0.05, 0.1) is 18.3 Å². The van der Waals surface area contributed by atoms with Crippen molar-refractivity contribution >= 4 is 16.9 Å². The van der Waals surface area contributed by atoms with E-state index in [1.54, 1.807) is 35.1 Å². The van der Waals surface area contributed by atoms with Gasteiger partial charge in [0.1, 0.15) is 5.75 Å². The monoisotopic (exact) mass is 408 g/mol. The second kappa shape index (κ2) is 8.69. The Morgan fingerprint density at radius 1 is 1.07 bits per heavy atom. The lowest BCUT2D eigenvalue weighted by atomic mass is 10.2. The van der Waals surface area contributed by atoms with Gasteiger partial charge in [-0.25, -0.2) is 9.67 Å². The van der Waals surface area contributed by atoms with Crippen LogP contribution < -0.4 is 10.1 Å². The minimum Gasteiger partial charge on any atom is -0.434 e. The number of nitrogens with one attached hydrogen (secondary N) is 1. The van der Waals surface area contributed by atoms with Crippen LogP contribution in [-0.2, 0) is 13.1 Å². The van der Waals surface area contributed by atoms with Crippen molar-refractivity contribution in [3.8, 4) is 5.75 Å². The number of carbonyl (C=O) groups excluding carboxylic acids is 1. The second-order valence-electron chi connectivity index (χ2n) is 6.59. The number of aromatic nitrogens is 3. The molecule has 0 fully saturated rings. The summed E-state index contributed by atoms with van der Waals surface area (Å²) < 4.78 is 31.3. The largest absolute Gasteiger partial charge is 0.434 e. The number of carbonyl (C=O) groups is 1. The maximum atomic E-state index is 12.5. The lowest BCUT2D eigenvalue weighted by Crippen LogP contribution is -2.23. The number of para-hydroxylation sites is 1. The van der Waals surface area contributed by atoms with Crippen LogP contribution in [0.1, 0.15) is 21.5 Å². The number of rotatable bonds is 7. The van der Waals surface area contributed by atoms with E-state index in [-0.39, 0.29) is 18.2 Å². The molecule has 0 radical (unpaired) electrons. The molecular weight excluding hydrogens is 390 g/mol. The standard InChI is InChI=1S/C22H18F2N4O2/c23-22(24)30-19-9-5-4-8-16(19)11-26-21(29)18-10-17-13-27-28(20(17)25-12-18)14-15-6-2-1-3-7-15/h1-10,12-13,22H,11,14H2,(H,26,29). The number of alkyl halides is 2. The minimum atomic E-state index is -2.93. The van der Waals surface area contributed by atoms with Crippen LogP contribution in [0, 0.1) is 0 Å². The van der Waals surface area contributed by atoms with Gasteiger partial charge in [0.15, 0.2) is 5.65 Å². The number of halogens is 2. The van der Waals surface area contributed by atoms with E-state index in [2.05, 4.69) is 20.1 Å². The normalized spacial score (nSPS) is 11.0. The van der Waals surface area contributed by atoms with E-state index in [4.69, 9.17) is 0 Å². The van der Waals surface area contributed by atoms with Gasteiger partial charge in [0.25, 0.3) is 5.91 Å². The Kier molecular flexibility index (Phi) is 5.65. The van der Waals surface area contributed by atoms with Crippen LogP contribution in [0.4, 0.5) is 8.78 Å². The SMILES string of the molecule is O=C(NCc1ccccc1OC(F)F)c1cnc2c(cnn2Cc2ccccc2)c1. The van der Waals surface area contributed by atoms with Crippen LogP contribution in [-0.4, -0.2) is 27.3 Å². The Balaban J connectivity index is 1.47. The summed E-state index contributed by atoms with van der Waals surface area (Å²) in [6.45, 7) is -2.31. The van der Waals surface area contributed by atoms with Crippen molar-refractivity contribution in [1.82, 2.24) is 20.1 Å². The fraction of sp³-hybridized carbons (Fsp3) is 0.136. The summed E-state index contributed by atoms with van der Waals surface area (Å²) >= 11 is 0. The van der Waals surface area contributed by atoms with Crippen LogP contribution >= 0.6 is 0 Å². The van der Waals surface area contributed by atoms with Crippen LogP contribution in [0.2, 0.25) is 0 Å². The first kappa shape index (κ1) is 19.5. The molecule has 6 nitrogen and oxygen atoms in total. The van der Waals surface area contributed by atoms with E-state index in [1.165, 1.54) is 12.3 Å². The molecule has 4 aromatic rings. The van der Waals surface area contributed by atoms with Crippen LogP contribution in [0.3, 0.4) is 0 Å². The molecule has 0 spiro atoms. The van der Waals surface area contributed by atoms with Crippen molar-refractivity contribution in [3.05, 3.63) is 89.7 Å². The predicted molar refractivity (Wildman–Crippen MR) is 107 cm³/mol. The highest BCUT2D eigenvalue weighted by atomic mass is 19.3. The molecule has 152 valence electrons. The number of hydrogen-bond acceptors (Lipinski definition) is 4. The third-order valence-corrected chi connectivity index (χ3v) is 4.54. The second-order valence-corrected chi connectivity index (χ2v) is 6.59. The van der Waals surface area contributed by atoms with Gasteiger partial charge in [-0.2, -0.15) is 13.9 Å². The molecule has 0 aliphatic carbocycles. The number of fused-ring (bicyclic) bond motifs is 1. The topological polar surface area (TPSA) is 69.0 Å². The number of hydrogen-bond donors (Lipinski definition) is 1. The molecule has 1 N–H and O–H groups in total. The molecule has 0 unspecified atom stereocenters. The predicted octanol–water partition coefficient (Wildman–Crippen LogP) is 4.01. The molecular formula is C22H18F2N4O2. The minimum absolute atomic E-state index is 0.0311. The zero-order valence-electron chi connectivity index (χ0n) is 15.8. The van der Waals surface area contributed by atoms with Crippen molar-refractivity contribution in [2.75, 3.05) is 0 Å². The van der Waals surface area contributed by atoms with Crippen LogP contribution in [0.15, 0.2) is 73.1 Å². The molecule has 0 aliphatic rings. The van der Waals surface area contributed by atoms with Gasteiger partial charge in [-0.15, -0.1) is 0 Å². The third-order valence-electron chi connectivity index (χ3n) is 4.54. The molecule has 8 heteroatoms. The van der Waals surface area contributed by atoms with E-state index >= 15 is 0 Å². The Bertz CT molecular complexity index is 1160. The van der Waals surface area contributed by atoms with E-state index in [9.17, 15) is 13.6 Å². The van der Waals surface area contributed by atoms with Crippen LogP contribution in [0.25, 0.3) is 11.0 Å². The van der Waals surface area contributed by atoms with Crippen molar-refractivity contribution in [3.63, 3.8) is 0 Å². The number of ether oxygens (including phenoxy) is 1. The molecule has 1 amide bonds. The maximum Gasteiger partial charge on any atom is 0.387 e. The smallest absolute Gasteiger partial charge is 0.387 e. The molecule has 0 aliphatic heterocycles. The van der Waals surface area contributed by atoms with Gasteiger partial charge >= 0.3 is 6.61 Å². The quantitative estimate of drug-likeness (QED) is 0.502. The highest BCUT2D eigenvalue weighted by Gasteiger charge is 2.13. The van der Waals surface area contributed by atoms with Crippen molar-refractivity contribution in [1.29, 1.82) is 0 Å². The molecule has 2 aromatic carbocycles. The molecule has 30 heavy (non-hydrogen) atoms. The lowest BCUT2D eigenvalue weighted by molar-refractivity contribution is -0.0504. The summed E-state index contributed by atoms with van der Waals surface area (Å²) in [6, 6.07) is 17.9. The van der Waals surface area contributed by atoms with Crippen molar-refractivity contribution in [2.45, 2.75) is 19.7 Å². The Morgan fingerprint density at radius 3 is 2.63 bits per heavy atom. The molecule has 0 saturated carbocycles.